The van der Waals surface area contributed by atoms with E-state index in [1.807, 2.05) is 12.1 Å². The Hall–Kier alpha value is -1.99. The van der Waals surface area contributed by atoms with Crippen molar-refractivity contribution in [1.29, 1.82) is 0 Å². The number of methoxy groups -OCH3 is 1. The summed E-state index contributed by atoms with van der Waals surface area (Å²) in [7, 11) is 1.73. The van der Waals surface area contributed by atoms with Crippen LogP contribution in [0.5, 0.6) is 0 Å². The quantitative estimate of drug-likeness (QED) is 0.766. The van der Waals surface area contributed by atoms with Crippen molar-refractivity contribution >= 4 is 11.0 Å². The van der Waals surface area contributed by atoms with Crippen LogP contribution in [0.2, 0.25) is 0 Å². The highest BCUT2D eigenvalue weighted by Gasteiger charge is 2.26. The van der Waals surface area contributed by atoms with E-state index in [4.69, 9.17) is 4.74 Å². The molecule has 0 N–H and O–H groups in total. The summed E-state index contributed by atoms with van der Waals surface area (Å²) in [5, 5.41) is 16.2. The molecule has 2 aromatic rings. The lowest BCUT2D eigenvalue weighted by molar-refractivity contribution is -0.480. The van der Waals surface area contributed by atoms with Gasteiger partial charge in [-0.3, -0.25) is 4.90 Å². The number of likely N-dealkylation sites (tertiary alicyclic amines) is 1. The Morgan fingerprint density at radius 1 is 1.33 bits per heavy atom. The smallest absolute Gasteiger partial charge is 0.367 e. The average molecular weight is 330 g/mol. The molecule has 7 heteroatoms. The van der Waals surface area contributed by atoms with Crippen molar-refractivity contribution in [3.8, 4) is 0 Å². The Balaban J connectivity index is 1.52. The van der Waals surface area contributed by atoms with Gasteiger partial charge in [-0.1, -0.05) is 4.91 Å². The minimum Gasteiger partial charge on any atom is -0.772 e. The van der Waals surface area contributed by atoms with E-state index in [0.29, 0.717) is 34.2 Å². The molecule has 128 valence electrons. The van der Waals surface area contributed by atoms with E-state index in [0.717, 1.165) is 49.7 Å². The summed E-state index contributed by atoms with van der Waals surface area (Å²) < 4.78 is 6.09. The molecule has 1 fully saturated rings. The lowest BCUT2D eigenvalue weighted by Crippen LogP contribution is -2.51. The number of hydrogen-bond donors (Lipinski definition) is 0. The topological polar surface area (TPSA) is 76.3 Å². The van der Waals surface area contributed by atoms with Crippen LogP contribution < -0.4 is 4.43 Å². The first-order valence-corrected chi connectivity index (χ1v) is 8.58. The molecule has 4 rings (SSSR count). The summed E-state index contributed by atoms with van der Waals surface area (Å²) in [6.07, 6.45) is 4.69. The zero-order valence-electron chi connectivity index (χ0n) is 13.9. The molecule has 1 aliphatic heterocycles. The molecular weight excluding hydrogens is 308 g/mol. The predicted molar refractivity (Wildman–Crippen MR) is 89.4 cm³/mol. The van der Waals surface area contributed by atoms with Gasteiger partial charge < -0.3 is 9.94 Å². The molecule has 2 heterocycles. The molecule has 0 atom stereocenters. The maximum atomic E-state index is 12.6. The van der Waals surface area contributed by atoms with E-state index < -0.39 is 0 Å². The van der Waals surface area contributed by atoms with E-state index >= 15 is 0 Å². The van der Waals surface area contributed by atoms with Gasteiger partial charge in [0, 0.05) is 24.6 Å². The summed E-state index contributed by atoms with van der Waals surface area (Å²) >= 11 is 0. The molecule has 1 aromatic heterocycles. The number of hydrogen-bond acceptors (Lipinski definition) is 5. The molecule has 1 aromatic carbocycles. The number of nitrogens with zero attached hydrogens (tertiary/aromatic N) is 4. The summed E-state index contributed by atoms with van der Waals surface area (Å²) in [6, 6.07) is 3.71. The highest BCUT2D eigenvalue weighted by molar-refractivity contribution is 5.74. The first-order valence-electron chi connectivity index (χ1n) is 8.58. The Morgan fingerprint density at radius 3 is 2.83 bits per heavy atom. The second kappa shape index (κ2) is 6.14. The molecule has 1 aliphatic carbocycles. The maximum absolute atomic E-state index is 12.6. The Morgan fingerprint density at radius 2 is 2.08 bits per heavy atom. The summed E-state index contributed by atoms with van der Waals surface area (Å²) in [4.78, 5) is 15.5. The lowest BCUT2D eigenvalue weighted by atomic mass is 10.1. The minimum atomic E-state index is 0.305. The second-order valence-electron chi connectivity index (χ2n) is 6.77. The average Bonchev–Trinajstić information content (AvgIpc) is 3.00. The third-order valence-electron chi connectivity index (χ3n) is 5.19. The zero-order valence-corrected chi connectivity index (χ0v) is 13.9. The SMILES string of the molecule is COC1CN(CCCc2nn([O-])c3cc4c(cc3[n+]2=O)CCC4)C1. The van der Waals surface area contributed by atoms with Crippen molar-refractivity contribution in [1.82, 2.24) is 14.8 Å². The van der Waals surface area contributed by atoms with Crippen LogP contribution in [0.25, 0.3) is 11.0 Å². The number of ether oxygens (including phenoxy) is 1. The number of aromatic nitrogens is 3. The van der Waals surface area contributed by atoms with Gasteiger partial charge in [0.05, 0.1) is 17.6 Å². The fraction of sp³-hybridized carbons (Fsp3) is 0.588. The lowest BCUT2D eigenvalue weighted by Gasteiger charge is -2.37. The van der Waals surface area contributed by atoms with Crippen LogP contribution in [0.15, 0.2) is 12.1 Å². The Labute approximate surface area is 140 Å². The van der Waals surface area contributed by atoms with Crippen LogP contribution in [0, 0.1) is 10.1 Å². The third kappa shape index (κ3) is 2.67. The van der Waals surface area contributed by atoms with E-state index in [1.165, 1.54) is 11.1 Å². The summed E-state index contributed by atoms with van der Waals surface area (Å²) in [5.41, 5.74) is 3.18. The fourth-order valence-electron chi connectivity index (χ4n) is 3.72. The van der Waals surface area contributed by atoms with Crippen LogP contribution in [0.4, 0.5) is 0 Å². The van der Waals surface area contributed by atoms with Gasteiger partial charge in [-0.2, -0.15) is 4.85 Å². The number of benzene rings is 1. The van der Waals surface area contributed by atoms with Crippen molar-refractivity contribution in [3.05, 3.63) is 39.2 Å². The molecule has 0 spiro atoms. The number of aryl methyl sites for hydroxylation is 3. The maximum Gasteiger partial charge on any atom is 0.367 e. The molecule has 0 radical (unpaired) electrons. The van der Waals surface area contributed by atoms with Crippen molar-refractivity contribution in [3.63, 3.8) is 0 Å². The minimum absolute atomic E-state index is 0.305. The van der Waals surface area contributed by atoms with Crippen molar-refractivity contribution < 1.29 is 9.16 Å². The van der Waals surface area contributed by atoms with Gasteiger partial charge in [-0.15, -0.1) is 0 Å². The first kappa shape index (κ1) is 15.5. The van der Waals surface area contributed by atoms with Gasteiger partial charge in [0.2, 0.25) is 5.52 Å². The summed E-state index contributed by atoms with van der Waals surface area (Å²) in [5.74, 6) is 0.305. The molecular formula is C17H22N4O3. The fourth-order valence-corrected chi connectivity index (χ4v) is 3.72. The van der Waals surface area contributed by atoms with E-state index in [9.17, 15) is 10.1 Å². The van der Waals surface area contributed by atoms with Crippen LogP contribution in [-0.4, -0.2) is 47.7 Å². The van der Waals surface area contributed by atoms with Gasteiger partial charge in [-0.05, 0) is 55.5 Å². The standard InChI is InChI=1S/C17H22N4O3/c1-24-14-10-19(11-14)7-3-6-17-18-21(23)16-9-13-5-2-4-12(13)8-15(16)20(17)22/h8-9,14H,2-7,10-11H2,1H3. The first-order chi connectivity index (χ1) is 11.7. The van der Waals surface area contributed by atoms with Gasteiger partial charge >= 0.3 is 5.82 Å². The molecule has 24 heavy (non-hydrogen) atoms. The molecule has 7 nitrogen and oxygen atoms in total. The molecule has 0 bridgehead atoms. The van der Waals surface area contributed by atoms with Crippen molar-refractivity contribution in [2.75, 3.05) is 26.7 Å². The monoisotopic (exact) mass is 330 g/mol. The summed E-state index contributed by atoms with van der Waals surface area (Å²) in [6.45, 7) is 2.77. The van der Waals surface area contributed by atoms with E-state index in [2.05, 4.69) is 10.00 Å². The highest BCUT2D eigenvalue weighted by atomic mass is 16.5. The van der Waals surface area contributed by atoms with Gasteiger partial charge in [0.1, 0.15) is 5.52 Å². The van der Waals surface area contributed by atoms with Crippen LogP contribution in [0.1, 0.15) is 29.8 Å². The molecule has 0 unspecified atom stereocenters. The van der Waals surface area contributed by atoms with Gasteiger partial charge in [0.25, 0.3) is 0 Å². The normalized spacial score (nSPS) is 18.0. The van der Waals surface area contributed by atoms with Crippen molar-refractivity contribution in [2.24, 2.45) is 0 Å². The predicted octanol–water partition coefficient (Wildman–Crippen LogP) is 1.05. The molecule has 1 saturated heterocycles. The zero-order chi connectivity index (χ0) is 16.7. The van der Waals surface area contributed by atoms with Crippen LogP contribution >= 0.6 is 0 Å². The van der Waals surface area contributed by atoms with Crippen molar-refractivity contribution in [2.45, 2.75) is 38.2 Å². The van der Waals surface area contributed by atoms with E-state index in [1.54, 1.807) is 7.11 Å². The van der Waals surface area contributed by atoms with Crippen LogP contribution in [-0.2, 0) is 24.0 Å². The second-order valence-corrected chi connectivity index (χ2v) is 6.77. The third-order valence-corrected chi connectivity index (χ3v) is 5.19. The van der Waals surface area contributed by atoms with Gasteiger partial charge in [0.15, 0.2) is 0 Å². The largest absolute Gasteiger partial charge is 0.772 e. The number of rotatable bonds is 5. The molecule has 0 amide bonds. The number of fused-ring (bicyclic) bond motifs is 2. The molecule has 2 aliphatic rings. The highest BCUT2D eigenvalue weighted by Crippen LogP contribution is 2.25. The van der Waals surface area contributed by atoms with E-state index in [-0.39, 0.29) is 0 Å². The Bertz CT molecular complexity index is 827. The van der Waals surface area contributed by atoms with Crippen LogP contribution in [0.3, 0.4) is 0 Å². The van der Waals surface area contributed by atoms with Gasteiger partial charge in [-0.25, -0.2) is 0 Å². The Kier molecular flexibility index (Phi) is 3.97. The molecule has 0 saturated carbocycles.